The number of aromatic nitrogens is 1. The van der Waals surface area contributed by atoms with Crippen molar-refractivity contribution in [2.45, 2.75) is 27.7 Å². The highest BCUT2D eigenvalue weighted by atomic mass is 15.0. The summed E-state index contributed by atoms with van der Waals surface area (Å²) in [7, 11) is 1.88. The Morgan fingerprint density at radius 1 is 1.50 bits per heavy atom. The molecule has 0 aliphatic heterocycles. The van der Waals surface area contributed by atoms with Crippen LogP contribution < -0.4 is 5.32 Å². The van der Waals surface area contributed by atoms with E-state index < -0.39 is 0 Å². The molecular weight excluding hydrogens is 172 g/mol. The minimum atomic E-state index is 0. The van der Waals surface area contributed by atoms with Crippen LogP contribution in [0.4, 0.5) is 5.82 Å². The largest absolute Gasteiger partial charge is 0.373 e. The smallest absolute Gasteiger partial charge is 0.133 e. The first kappa shape index (κ1) is 12.7. The molecule has 80 valence electrons. The summed E-state index contributed by atoms with van der Waals surface area (Å²) in [6.45, 7) is 8.11. The summed E-state index contributed by atoms with van der Waals surface area (Å²) < 4.78 is 0. The van der Waals surface area contributed by atoms with Crippen molar-refractivity contribution in [2.24, 2.45) is 0 Å². The molecule has 1 aromatic rings. The molecule has 0 radical (unpaired) electrons. The molecule has 0 bridgehead atoms. The Bertz CT molecular complexity index is 295. The Morgan fingerprint density at radius 2 is 2.14 bits per heavy atom. The number of pyridine rings is 1. The second-order valence-electron chi connectivity index (χ2n) is 2.62. The van der Waals surface area contributed by atoms with Crippen LogP contribution in [0.25, 0.3) is 5.57 Å². The zero-order valence-electron chi connectivity index (χ0n) is 9.76. The van der Waals surface area contributed by atoms with E-state index in [0.717, 1.165) is 5.82 Å². The van der Waals surface area contributed by atoms with E-state index in [-0.39, 0.29) is 1.43 Å². The molecule has 14 heavy (non-hydrogen) atoms. The van der Waals surface area contributed by atoms with Gasteiger partial charge in [0, 0.05) is 20.2 Å². The van der Waals surface area contributed by atoms with Gasteiger partial charge >= 0.3 is 0 Å². The van der Waals surface area contributed by atoms with Crippen molar-refractivity contribution < 1.29 is 1.43 Å². The molecule has 0 saturated carbocycles. The van der Waals surface area contributed by atoms with Crippen LogP contribution in [0.15, 0.2) is 24.4 Å². The maximum atomic E-state index is 4.21. The zero-order valence-corrected chi connectivity index (χ0v) is 9.76. The molecule has 2 nitrogen and oxygen atoms in total. The lowest BCUT2D eigenvalue weighted by Gasteiger charge is -2.06. The Labute approximate surface area is 88.6 Å². The Morgan fingerprint density at radius 3 is 2.64 bits per heavy atom. The summed E-state index contributed by atoms with van der Waals surface area (Å²) in [5, 5.41) is 3.06. The van der Waals surface area contributed by atoms with Gasteiger partial charge in [-0.15, -0.1) is 0 Å². The van der Waals surface area contributed by atoms with E-state index in [1.807, 2.05) is 33.9 Å². The van der Waals surface area contributed by atoms with Gasteiger partial charge in [0.05, 0.1) is 0 Å². The Hall–Kier alpha value is -1.31. The van der Waals surface area contributed by atoms with Gasteiger partial charge in [-0.25, -0.2) is 4.98 Å². The average Bonchev–Trinajstić information content (AvgIpc) is 2.30. The molecule has 0 aliphatic carbocycles. The lowest BCUT2D eigenvalue weighted by atomic mass is 10.1. The normalized spacial score (nSPS) is 10.2. The standard InChI is InChI=1S/C10H14N2.C2H6.H2/c1-4-8(2)9-6-5-7-12-10(9)11-3;1-2;/h4-7H,1-3H3,(H,11,12);1-2H3;1H. The number of nitrogens with zero attached hydrogens (tertiary/aromatic N) is 1. The molecule has 0 amide bonds. The molecule has 0 saturated heterocycles. The predicted molar refractivity (Wildman–Crippen MR) is 66.6 cm³/mol. The number of nitrogens with one attached hydrogen (secondary N) is 1. The summed E-state index contributed by atoms with van der Waals surface area (Å²) >= 11 is 0. The highest BCUT2D eigenvalue weighted by Gasteiger charge is 2.00. The summed E-state index contributed by atoms with van der Waals surface area (Å²) in [6, 6.07) is 4.01. The minimum Gasteiger partial charge on any atom is -0.373 e. The summed E-state index contributed by atoms with van der Waals surface area (Å²) in [5.41, 5.74) is 2.41. The fourth-order valence-electron chi connectivity index (χ4n) is 1.08. The van der Waals surface area contributed by atoms with E-state index in [4.69, 9.17) is 0 Å². The molecular formula is C12H22N2. The first-order valence-corrected chi connectivity index (χ1v) is 5.05. The summed E-state index contributed by atoms with van der Waals surface area (Å²) in [4.78, 5) is 4.21. The molecule has 1 aromatic heterocycles. The van der Waals surface area contributed by atoms with Gasteiger partial charge in [0.2, 0.25) is 0 Å². The van der Waals surface area contributed by atoms with Crippen molar-refractivity contribution >= 4 is 11.4 Å². The molecule has 0 aliphatic rings. The second kappa shape index (κ2) is 7.13. The van der Waals surface area contributed by atoms with Gasteiger partial charge < -0.3 is 5.32 Å². The molecule has 0 fully saturated rings. The van der Waals surface area contributed by atoms with Crippen LogP contribution in [0.2, 0.25) is 0 Å². The summed E-state index contributed by atoms with van der Waals surface area (Å²) in [6.07, 6.45) is 3.87. The number of allylic oxidation sites excluding steroid dienone is 2. The van der Waals surface area contributed by atoms with Crippen molar-refractivity contribution in [1.82, 2.24) is 4.98 Å². The highest BCUT2D eigenvalue weighted by molar-refractivity contribution is 5.72. The van der Waals surface area contributed by atoms with E-state index in [1.54, 1.807) is 6.20 Å². The second-order valence-corrected chi connectivity index (χ2v) is 2.62. The van der Waals surface area contributed by atoms with Crippen LogP contribution in [0.5, 0.6) is 0 Å². The number of anilines is 1. The van der Waals surface area contributed by atoms with Gasteiger partial charge in [-0.3, -0.25) is 0 Å². The van der Waals surface area contributed by atoms with Crippen molar-refractivity contribution in [3.05, 3.63) is 30.0 Å². The first-order chi connectivity index (χ1) is 6.79. The van der Waals surface area contributed by atoms with Crippen LogP contribution in [-0.2, 0) is 0 Å². The van der Waals surface area contributed by atoms with E-state index in [2.05, 4.69) is 29.4 Å². The number of rotatable bonds is 2. The van der Waals surface area contributed by atoms with Gasteiger partial charge in [-0.05, 0) is 31.6 Å². The molecule has 0 spiro atoms. The molecule has 1 heterocycles. The third kappa shape index (κ3) is 3.21. The third-order valence-corrected chi connectivity index (χ3v) is 1.90. The Balaban J connectivity index is 0. The Kier molecular flexibility index (Phi) is 6.46. The SMILES string of the molecule is CC.CC=C(C)c1cccnc1NC.[HH]. The van der Waals surface area contributed by atoms with Crippen LogP contribution >= 0.6 is 0 Å². The average molecular weight is 194 g/mol. The molecule has 0 unspecified atom stereocenters. The fraction of sp³-hybridized carbons (Fsp3) is 0.417. The van der Waals surface area contributed by atoms with Crippen LogP contribution in [-0.4, -0.2) is 12.0 Å². The molecule has 2 heteroatoms. The minimum absolute atomic E-state index is 0. The van der Waals surface area contributed by atoms with Gasteiger partial charge in [0.1, 0.15) is 5.82 Å². The van der Waals surface area contributed by atoms with Gasteiger partial charge in [0.15, 0.2) is 0 Å². The molecule has 1 rings (SSSR count). The van der Waals surface area contributed by atoms with E-state index in [0.29, 0.717) is 0 Å². The molecule has 1 N–H and O–H groups in total. The van der Waals surface area contributed by atoms with Gasteiger partial charge in [-0.2, -0.15) is 0 Å². The lowest BCUT2D eigenvalue weighted by Crippen LogP contribution is -1.96. The van der Waals surface area contributed by atoms with Crippen LogP contribution in [0.1, 0.15) is 34.7 Å². The van der Waals surface area contributed by atoms with Crippen molar-refractivity contribution in [3.63, 3.8) is 0 Å². The fourth-order valence-corrected chi connectivity index (χ4v) is 1.08. The summed E-state index contributed by atoms with van der Waals surface area (Å²) in [5.74, 6) is 0.938. The van der Waals surface area contributed by atoms with Crippen molar-refractivity contribution in [1.29, 1.82) is 0 Å². The monoisotopic (exact) mass is 194 g/mol. The van der Waals surface area contributed by atoms with Crippen molar-refractivity contribution in [2.75, 3.05) is 12.4 Å². The number of hydrogen-bond acceptors (Lipinski definition) is 2. The highest BCUT2D eigenvalue weighted by Crippen LogP contribution is 2.19. The first-order valence-electron chi connectivity index (χ1n) is 5.05. The lowest BCUT2D eigenvalue weighted by molar-refractivity contribution is 1.27. The molecule has 0 atom stereocenters. The van der Waals surface area contributed by atoms with E-state index >= 15 is 0 Å². The van der Waals surface area contributed by atoms with E-state index in [9.17, 15) is 0 Å². The van der Waals surface area contributed by atoms with Gasteiger partial charge in [-0.1, -0.05) is 19.9 Å². The number of hydrogen-bond donors (Lipinski definition) is 1. The third-order valence-electron chi connectivity index (χ3n) is 1.90. The van der Waals surface area contributed by atoms with Gasteiger partial charge in [0.25, 0.3) is 0 Å². The topological polar surface area (TPSA) is 24.9 Å². The maximum absolute atomic E-state index is 4.21. The molecule has 0 aromatic carbocycles. The van der Waals surface area contributed by atoms with Crippen LogP contribution in [0.3, 0.4) is 0 Å². The quantitative estimate of drug-likeness (QED) is 0.774. The van der Waals surface area contributed by atoms with E-state index in [1.165, 1.54) is 11.1 Å². The zero-order chi connectivity index (χ0) is 11.0. The maximum Gasteiger partial charge on any atom is 0.133 e. The predicted octanol–water partition coefficient (Wildman–Crippen LogP) is 3.82. The van der Waals surface area contributed by atoms with Crippen LogP contribution in [0, 0.1) is 0 Å². The van der Waals surface area contributed by atoms with Crippen molar-refractivity contribution in [3.8, 4) is 0 Å².